The molecule has 0 aliphatic heterocycles. The van der Waals surface area contributed by atoms with E-state index in [2.05, 4.69) is 35.4 Å². The number of ether oxygens (including phenoxy) is 1. The first kappa shape index (κ1) is 12.6. The molecule has 0 fully saturated rings. The highest BCUT2D eigenvalue weighted by Gasteiger charge is 2.05. The van der Waals surface area contributed by atoms with E-state index in [1.807, 2.05) is 24.4 Å². The molecular formula is C15H18N2O. The lowest BCUT2D eigenvalue weighted by molar-refractivity contribution is 0.413. The number of nitrogens with zero attached hydrogens (tertiary/aromatic N) is 1. The highest BCUT2D eigenvalue weighted by molar-refractivity contribution is 5.30. The summed E-state index contributed by atoms with van der Waals surface area (Å²) in [5.41, 5.74) is 2.41. The van der Waals surface area contributed by atoms with Crippen LogP contribution in [0.3, 0.4) is 0 Å². The maximum Gasteiger partial charge on any atom is 0.119 e. The van der Waals surface area contributed by atoms with Crippen LogP contribution in [-0.2, 0) is 6.54 Å². The van der Waals surface area contributed by atoms with Crippen molar-refractivity contribution in [3.8, 4) is 5.75 Å². The van der Waals surface area contributed by atoms with E-state index in [9.17, 15) is 0 Å². The van der Waals surface area contributed by atoms with E-state index < -0.39 is 0 Å². The maximum absolute atomic E-state index is 5.23. The zero-order valence-corrected chi connectivity index (χ0v) is 10.8. The maximum atomic E-state index is 5.23. The van der Waals surface area contributed by atoms with Gasteiger partial charge >= 0.3 is 0 Å². The van der Waals surface area contributed by atoms with Crippen molar-refractivity contribution in [3.63, 3.8) is 0 Å². The summed E-state index contributed by atoms with van der Waals surface area (Å²) in [6.45, 7) is 2.96. The third kappa shape index (κ3) is 3.31. The SMILES string of the molecule is COc1cccc([C@@H](C)NCc2cccnc2)c1. The molecule has 1 aromatic carbocycles. The average Bonchev–Trinajstić information content (AvgIpc) is 2.46. The van der Waals surface area contributed by atoms with Crippen LogP contribution < -0.4 is 10.1 Å². The highest BCUT2D eigenvalue weighted by atomic mass is 16.5. The monoisotopic (exact) mass is 242 g/mol. The number of benzene rings is 1. The van der Waals surface area contributed by atoms with Crippen molar-refractivity contribution in [2.75, 3.05) is 7.11 Å². The molecule has 0 saturated carbocycles. The summed E-state index contributed by atoms with van der Waals surface area (Å²) in [6.07, 6.45) is 3.67. The predicted molar refractivity (Wildman–Crippen MR) is 72.5 cm³/mol. The Morgan fingerprint density at radius 1 is 1.28 bits per heavy atom. The van der Waals surface area contributed by atoms with Crippen molar-refractivity contribution < 1.29 is 4.74 Å². The number of hydrogen-bond donors (Lipinski definition) is 1. The lowest BCUT2D eigenvalue weighted by Crippen LogP contribution is -2.18. The minimum absolute atomic E-state index is 0.278. The largest absolute Gasteiger partial charge is 0.497 e. The molecular weight excluding hydrogens is 224 g/mol. The zero-order valence-electron chi connectivity index (χ0n) is 10.8. The van der Waals surface area contributed by atoms with Crippen molar-refractivity contribution >= 4 is 0 Å². The Kier molecular flexibility index (Phi) is 4.31. The second-order valence-corrected chi connectivity index (χ2v) is 4.24. The van der Waals surface area contributed by atoms with Crippen molar-refractivity contribution in [1.29, 1.82) is 0 Å². The fraction of sp³-hybridized carbons (Fsp3) is 0.267. The van der Waals surface area contributed by atoms with Crippen LogP contribution in [0.15, 0.2) is 48.8 Å². The highest BCUT2D eigenvalue weighted by Crippen LogP contribution is 2.18. The van der Waals surface area contributed by atoms with Gasteiger partial charge in [-0.1, -0.05) is 18.2 Å². The Hall–Kier alpha value is -1.87. The van der Waals surface area contributed by atoms with Crippen LogP contribution >= 0.6 is 0 Å². The molecule has 2 aromatic rings. The van der Waals surface area contributed by atoms with E-state index >= 15 is 0 Å². The molecule has 0 spiro atoms. The first-order valence-electron chi connectivity index (χ1n) is 6.06. The van der Waals surface area contributed by atoms with Crippen LogP contribution in [0.25, 0.3) is 0 Å². The lowest BCUT2D eigenvalue weighted by atomic mass is 10.1. The molecule has 0 unspecified atom stereocenters. The lowest BCUT2D eigenvalue weighted by Gasteiger charge is -2.15. The van der Waals surface area contributed by atoms with Crippen molar-refractivity contribution in [3.05, 3.63) is 59.9 Å². The van der Waals surface area contributed by atoms with Gasteiger partial charge in [-0.15, -0.1) is 0 Å². The molecule has 0 amide bonds. The Labute approximate surface area is 108 Å². The summed E-state index contributed by atoms with van der Waals surface area (Å²) < 4.78 is 5.23. The van der Waals surface area contributed by atoms with Gasteiger partial charge in [0.25, 0.3) is 0 Å². The summed E-state index contributed by atoms with van der Waals surface area (Å²) in [5.74, 6) is 0.891. The van der Waals surface area contributed by atoms with Gasteiger partial charge in [-0.25, -0.2) is 0 Å². The number of aromatic nitrogens is 1. The number of nitrogens with one attached hydrogen (secondary N) is 1. The predicted octanol–water partition coefficient (Wildman–Crippen LogP) is 2.94. The molecule has 94 valence electrons. The molecule has 0 aliphatic carbocycles. The standard InChI is InChI=1S/C15H18N2O/c1-12(14-6-3-7-15(9-14)18-2)17-11-13-5-4-8-16-10-13/h3-10,12,17H,11H2,1-2H3/t12-/m1/s1. The second-order valence-electron chi connectivity index (χ2n) is 4.24. The van der Waals surface area contributed by atoms with Gasteiger partial charge in [0.05, 0.1) is 7.11 Å². The Morgan fingerprint density at radius 3 is 2.89 bits per heavy atom. The van der Waals surface area contributed by atoms with Gasteiger partial charge < -0.3 is 10.1 Å². The second kappa shape index (κ2) is 6.17. The molecule has 1 N–H and O–H groups in total. The van der Waals surface area contributed by atoms with Crippen LogP contribution in [0.1, 0.15) is 24.1 Å². The number of pyridine rings is 1. The van der Waals surface area contributed by atoms with Crippen LogP contribution in [0.5, 0.6) is 5.75 Å². The molecule has 3 nitrogen and oxygen atoms in total. The fourth-order valence-corrected chi connectivity index (χ4v) is 1.80. The molecule has 1 heterocycles. The normalized spacial score (nSPS) is 12.1. The van der Waals surface area contributed by atoms with E-state index in [4.69, 9.17) is 4.74 Å². The van der Waals surface area contributed by atoms with Gasteiger partial charge in [0.1, 0.15) is 5.75 Å². The summed E-state index contributed by atoms with van der Waals surface area (Å²) >= 11 is 0. The van der Waals surface area contributed by atoms with Crippen molar-refractivity contribution in [1.82, 2.24) is 10.3 Å². The van der Waals surface area contributed by atoms with E-state index in [0.717, 1.165) is 12.3 Å². The summed E-state index contributed by atoms with van der Waals surface area (Å²) in [7, 11) is 1.69. The molecule has 18 heavy (non-hydrogen) atoms. The number of methoxy groups -OCH3 is 1. The molecule has 0 bridgehead atoms. The molecule has 0 saturated heterocycles. The molecule has 2 rings (SSSR count). The smallest absolute Gasteiger partial charge is 0.119 e. The minimum Gasteiger partial charge on any atom is -0.497 e. The summed E-state index contributed by atoms with van der Waals surface area (Å²) in [6, 6.07) is 12.4. The Balaban J connectivity index is 1.97. The quantitative estimate of drug-likeness (QED) is 0.875. The van der Waals surface area contributed by atoms with Gasteiger partial charge in [0, 0.05) is 25.0 Å². The van der Waals surface area contributed by atoms with E-state index in [0.29, 0.717) is 0 Å². The van der Waals surface area contributed by atoms with Crippen LogP contribution in [0.2, 0.25) is 0 Å². The molecule has 0 radical (unpaired) electrons. The van der Waals surface area contributed by atoms with E-state index in [1.165, 1.54) is 11.1 Å². The van der Waals surface area contributed by atoms with Gasteiger partial charge in [0.15, 0.2) is 0 Å². The van der Waals surface area contributed by atoms with Gasteiger partial charge in [-0.2, -0.15) is 0 Å². The first-order chi connectivity index (χ1) is 8.79. The number of hydrogen-bond acceptors (Lipinski definition) is 3. The first-order valence-corrected chi connectivity index (χ1v) is 6.06. The Morgan fingerprint density at radius 2 is 2.17 bits per heavy atom. The zero-order chi connectivity index (χ0) is 12.8. The van der Waals surface area contributed by atoms with Crippen molar-refractivity contribution in [2.45, 2.75) is 19.5 Å². The fourth-order valence-electron chi connectivity index (χ4n) is 1.80. The van der Waals surface area contributed by atoms with E-state index in [1.54, 1.807) is 13.3 Å². The van der Waals surface area contributed by atoms with E-state index in [-0.39, 0.29) is 6.04 Å². The van der Waals surface area contributed by atoms with Crippen LogP contribution in [0.4, 0.5) is 0 Å². The topological polar surface area (TPSA) is 34.1 Å². The van der Waals surface area contributed by atoms with Crippen LogP contribution in [0, 0.1) is 0 Å². The van der Waals surface area contributed by atoms with Gasteiger partial charge in [-0.05, 0) is 36.2 Å². The van der Waals surface area contributed by atoms with Crippen molar-refractivity contribution in [2.24, 2.45) is 0 Å². The molecule has 0 aliphatic rings. The van der Waals surface area contributed by atoms with Gasteiger partial charge in [0.2, 0.25) is 0 Å². The Bertz CT molecular complexity index is 485. The summed E-state index contributed by atoms with van der Waals surface area (Å²) in [4.78, 5) is 4.10. The molecule has 1 aromatic heterocycles. The summed E-state index contributed by atoms with van der Waals surface area (Å²) in [5, 5.41) is 3.47. The third-order valence-corrected chi connectivity index (χ3v) is 2.93. The number of rotatable bonds is 5. The van der Waals surface area contributed by atoms with Gasteiger partial charge in [-0.3, -0.25) is 4.98 Å². The molecule has 1 atom stereocenters. The third-order valence-electron chi connectivity index (χ3n) is 2.93. The average molecular weight is 242 g/mol. The molecule has 3 heteroatoms. The van der Waals surface area contributed by atoms with Crippen LogP contribution in [-0.4, -0.2) is 12.1 Å². The minimum atomic E-state index is 0.278.